The molecular formula is C12H14N2. The zero-order chi connectivity index (χ0) is 10.1. The number of pyridine rings is 1. The van der Waals surface area contributed by atoms with Crippen molar-refractivity contribution in [2.75, 3.05) is 5.73 Å². The van der Waals surface area contributed by atoms with E-state index in [1.807, 2.05) is 18.2 Å². The van der Waals surface area contributed by atoms with E-state index in [0.29, 0.717) is 11.7 Å². The maximum atomic E-state index is 5.81. The van der Waals surface area contributed by atoms with Crippen LogP contribution < -0.4 is 5.73 Å². The van der Waals surface area contributed by atoms with Gasteiger partial charge in [-0.15, -0.1) is 0 Å². The van der Waals surface area contributed by atoms with E-state index in [9.17, 15) is 0 Å². The fourth-order valence-electron chi connectivity index (χ4n) is 1.76. The predicted octanol–water partition coefficient (Wildman–Crippen LogP) is 2.94. The molecule has 1 heterocycles. The highest BCUT2D eigenvalue weighted by molar-refractivity contribution is 5.93. The largest absolute Gasteiger partial charge is 0.383 e. The van der Waals surface area contributed by atoms with Crippen LogP contribution >= 0.6 is 0 Å². The van der Waals surface area contributed by atoms with Crippen LogP contribution in [0.4, 0.5) is 5.82 Å². The molecule has 0 spiro atoms. The molecule has 0 saturated heterocycles. The minimum absolute atomic E-state index is 0.514. The van der Waals surface area contributed by atoms with E-state index in [0.717, 1.165) is 5.39 Å². The van der Waals surface area contributed by atoms with Gasteiger partial charge in [0.1, 0.15) is 5.82 Å². The number of nitrogen functional groups attached to an aromatic ring is 1. The van der Waals surface area contributed by atoms with E-state index in [4.69, 9.17) is 5.73 Å². The second kappa shape index (κ2) is 3.29. The summed E-state index contributed by atoms with van der Waals surface area (Å²) in [4.78, 5) is 4.09. The summed E-state index contributed by atoms with van der Waals surface area (Å²) in [6, 6.07) is 8.23. The summed E-state index contributed by atoms with van der Waals surface area (Å²) < 4.78 is 0. The average molecular weight is 186 g/mol. The van der Waals surface area contributed by atoms with Gasteiger partial charge in [-0.05, 0) is 22.9 Å². The Labute approximate surface area is 83.8 Å². The summed E-state index contributed by atoms with van der Waals surface area (Å²) in [5, 5.41) is 2.27. The van der Waals surface area contributed by atoms with E-state index >= 15 is 0 Å². The molecule has 2 rings (SSSR count). The molecule has 0 fully saturated rings. The Morgan fingerprint density at radius 2 is 1.93 bits per heavy atom. The van der Waals surface area contributed by atoms with Crippen LogP contribution in [0.2, 0.25) is 0 Å². The predicted molar refractivity (Wildman–Crippen MR) is 60.2 cm³/mol. The summed E-state index contributed by atoms with van der Waals surface area (Å²) in [7, 11) is 0. The lowest BCUT2D eigenvalue weighted by Gasteiger charge is -2.10. The van der Waals surface area contributed by atoms with Gasteiger partial charge in [-0.2, -0.15) is 0 Å². The molecule has 1 aromatic carbocycles. The molecule has 2 nitrogen and oxygen atoms in total. The number of benzene rings is 1. The molecule has 0 saturated carbocycles. The van der Waals surface area contributed by atoms with Crippen LogP contribution in [0.25, 0.3) is 10.8 Å². The van der Waals surface area contributed by atoms with Gasteiger partial charge in [0.15, 0.2) is 0 Å². The van der Waals surface area contributed by atoms with E-state index in [2.05, 4.69) is 24.9 Å². The first-order valence-corrected chi connectivity index (χ1v) is 4.83. The molecule has 0 aliphatic carbocycles. The van der Waals surface area contributed by atoms with E-state index in [1.54, 1.807) is 6.20 Å². The zero-order valence-electron chi connectivity index (χ0n) is 8.49. The number of nitrogens with two attached hydrogens (primary N) is 1. The van der Waals surface area contributed by atoms with Gasteiger partial charge in [-0.1, -0.05) is 32.0 Å². The molecule has 0 aliphatic heterocycles. The molecule has 0 unspecified atom stereocenters. The molecule has 72 valence electrons. The quantitative estimate of drug-likeness (QED) is 0.743. The summed E-state index contributed by atoms with van der Waals surface area (Å²) in [5.74, 6) is 1.13. The molecule has 0 aliphatic rings. The Kier molecular flexibility index (Phi) is 2.12. The second-order valence-electron chi connectivity index (χ2n) is 3.79. The lowest BCUT2D eigenvalue weighted by atomic mass is 9.97. The highest BCUT2D eigenvalue weighted by Crippen LogP contribution is 2.27. The number of fused-ring (bicyclic) bond motifs is 1. The number of anilines is 1. The molecule has 2 heteroatoms. The molecule has 1 aromatic heterocycles. The van der Waals surface area contributed by atoms with Crippen molar-refractivity contribution in [2.24, 2.45) is 0 Å². The lowest BCUT2D eigenvalue weighted by Crippen LogP contribution is -1.94. The van der Waals surface area contributed by atoms with E-state index < -0.39 is 0 Å². The summed E-state index contributed by atoms with van der Waals surface area (Å²) in [6.45, 7) is 4.37. The molecular weight excluding hydrogens is 172 g/mol. The topological polar surface area (TPSA) is 38.9 Å². The average Bonchev–Trinajstić information content (AvgIpc) is 2.17. The van der Waals surface area contributed by atoms with Gasteiger partial charge in [0, 0.05) is 11.6 Å². The Hall–Kier alpha value is -1.57. The lowest BCUT2D eigenvalue weighted by molar-refractivity contribution is 0.876. The second-order valence-corrected chi connectivity index (χ2v) is 3.79. The van der Waals surface area contributed by atoms with E-state index in [1.165, 1.54) is 10.9 Å². The fraction of sp³-hybridized carbons (Fsp3) is 0.250. The summed E-state index contributed by atoms with van der Waals surface area (Å²) in [6.07, 6.45) is 1.77. The normalized spacial score (nSPS) is 11.1. The van der Waals surface area contributed by atoms with Crippen LogP contribution in [0, 0.1) is 0 Å². The first-order valence-electron chi connectivity index (χ1n) is 4.83. The van der Waals surface area contributed by atoms with E-state index in [-0.39, 0.29) is 0 Å². The summed E-state index contributed by atoms with van der Waals surface area (Å²) >= 11 is 0. The standard InChI is InChI=1S/C12H14N2/c1-8(2)9-4-3-5-11-10(9)6-7-14-12(11)13/h3-8H,1-2H3,(H2,13,14). The highest BCUT2D eigenvalue weighted by Gasteiger charge is 2.05. The molecule has 0 bridgehead atoms. The van der Waals surface area contributed by atoms with Crippen molar-refractivity contribution in [3.63, 3.8) is 0 Å². The van der Waals surface area contributed by atoms with Crippen molar-refractivity contribution >= 4 is 16.6 Å². The maximum Gasteiger partial charge on any atom is 0.131 e. The molecule has 14 heavy (non-hydrogen) atoms. The Morgan fingerprint density at radius 1 is 1.14 bits per heavy atom. The minimum Gasteiger partial charge on any atom is -0.383 e. The maximum absolute atomic E-state index is 5.81. The Bertz CT molecular complexity index is 461. The van der Waals surface area contributed by atoms with Crippen molar-refractivity contribution in [3.8, 4) is 0 Å². The number of nitrogens with zero attached hydrogens (tertiary/aromatic N) is 1. The van der Waals surface area contributed by atoms with Crippen molar-refractivity contribution < 1.29 is 0 Å². The molecule has 2 N–H and O–H groups in total. The SMILES string of the molecule is CC(C)c1cccc2c(N)nccc12. The summed E-state index contributed by atoms with van der Waals surface area (Å²) in [5.41, 5.74) is 7.14. The fourth-order valence-corrected chi connectivity index (χ4v) is 1.76. The molecule has 0 atom stereocenters. The third-order valence-corrected chi connectivity index (χ3v) is 2.49. The molecule has 0 amide bonds. The zero-order valence-corrected chi connectivity index (χ0v) is 8.49. The number of rotatable bonds is 1. The van der Waals surface area contributed by atoms with Crippen LogP contribution in [-0.2, 0) is 0 Å². The van der Waals surface area contributed by atoms with Gasteiger partial charge in [0.05, 0.1) is 0 Å². The molecule has 0 radical (unpaired) electrons. The van der Waals surface area contributed by atoms with Gasteiger partial charge in [-0.25, -0.2) is 4.98 Å². The first kappa shape index (κ1) is 9.00. The third-order valence-electron chi connectivity index (χ3n) is 2.49. The van der Waals surface area contributed by atoms with Crippen molar-refractivity contribution in [2.45, 2.75) is 19.8 Å². The van der Waals surface area contributed by atoms with Gasteiger partial charge in [-0.3, -0.25) is 0 Å². The van der Waals surface area contributed by atoms with Gasteiger partial charge in [0.2, 0.25) is 0 Å². The monoisotopic (exact) mass is 186 g/mol. The number of hydrogen-bond acceptors (Lipinski definition) is 2. The third kappa shape index (κ3) is 1.33. The number of aromatic nitrogens is 1. The minimum atomic E-state index is 0.514. The molecule has 2 aromatic rings. The Balaban J connectivity index is 2.81. The Morgan fingerprint density at radius 3 is 2.64 bits per heavy atom. The highest BCUT2D eigenvalue weighted by atomic mass is 14.8. The van der Waals surface area contributed by atoms with Gasteiger partial charge < -0.3 is 5.73 Å². The first-order chi connectivity index (χ1) is 6.70. The van der Waals surface area contributed by atoms with Crippen LogP contribution in [0.3, 0.4) is 0 Å². The van der Waals surface area contributed by atoms with Gasteiger partial charge in [0.25, 0.3) is 0 Å². The van der Waals surface area contributed by atoms with Crippen molar-refractivity contribution in [3.05, 3.63) is 36.0 Å². The van der Waals surface area contributed by atoms with Crippen LogP contribution in [0.5, 0.6) is 0 Å². The smallest absolute Gasteiger partial charge is 0.131 e. The van der Waals surface area contributed by atoms with Crippen molar-refractivity contribution in [1.82, 2.24) is 4.98 Å². The van der Waals surface area contributed by atoms with Gasteiger partial charge >= 0.3 is 0 Å². The van der Waals surface area contributed by atoms with Crippen molar-refractivity contribution in [1.29, 1.82) is 0 Å². The van der Waals surface area contributed by atoms with Crippen LogP contribution in [-0.4, -0.2) is 4.98 Å². The van der Waals surface area contributed by atoms with Crippen LogP contribution in [0.15, 0.2) is 30.5 Å². The van der Waals surface area contributed by atoms with Crippen LogP contribution in [0.1, 0.15) is 25.3 Å². The number of hydrogen-bond donors (Lipinski definition) is 1.